The van der Waals surface area contributed by atoms with E-state index in [2.05, 4.69) is 36.5 Å². The minimum absolute atomic E-state index is 0.558. The SMILES string of the molecule is CNC(C)Cc1ccccc1.O=C(O)/C=C\C(=O)O. The molecule has 1 rings (SSSR count). The number of hydrogen-bond acceptors (Lipinski definition) is 3. The van der Waals surface area contributed by atoms with Crippen LogP contribution < -0.4 is 5.32 Å². The van der Waals surface area contributed by atoms with E-state index in [0.717, 1.165) is 6.42 Å². The first kappa shape index (κ1) is 16.9. The maximum Gasteiger partial charge on any atom is 0.328 e. The van der Waals surface area contributed by atoms with E-state index >= 15 is 0 Å². The molecule has 1 aromatic carbocycles. The van der Waals surface area contributed by atoms with Crippen molar-refractivity contribution in [2.24, 2.45) is 0 Å². The molecule has 0 heterocycles. The van der Waals surface area contributed by atoms with Crippen molar-refractivity contribution >= 4 is 11.9 Å². The number of nitrogens with one attached hydrogen (secondary N) is 1. The molecule has 3 N–H and O–H groups in total. The molecule has 0 amide bonds. The summed E-state index contributed by atoms with van der Waals surface area (Å²) in [6.45, 7) is 2.19. The number of benzene rings is 1. The van der Waals surface area contributed by atoms with Crippen LogP contribution in [0, 0.1) is 0 Å². The second kappa shape index (κ2) is 9.85. The van der Waals surface area contributed by atoms with Gasteiger partial charge in [0.2, 0.25) is 0 Å². The maximum absolute atomic E-state index is 9.55. The quantitative estimate of drug-likeness (QED) is 0.703. The molecule has 0 fully saturated rings. The van der Waals surface area contributed by atoms with Gasteiger partial charge in [-0.15, -0.1) is 0 Å². The number of carboxylic acids is 2. The predicted octanol–water partition coefficient (Wildman–Crippen LogP) is 1.55. The highest BCUT2D eigenvalue weighted by Gasteiger charge is 1.97. The van der Waals surface area contributed by atoms with Crippen LogP contribution in [0.5, 0.6) is 0 Å². The first-order chi connectivity index (χ1) is 8.95. The lowest BCUT2D eigenvalue weighted by atomic mass is 10.1. The van der Waals surface area contributed by atoms with Gasteiger partial charge in [-0.3, -0.25) is 0 Å². The first-order valence-electron chi connectivity index (χ1n) is 5.80. The van der Waals surface area contributed by atoms with Gasteiger partial charge in [-0.05, 0) is 26.0 Å². The average Bonchev–Trinajstić information content (AvgIpc) is 2.38. The number of likely N-dealkylation sites (N-methyl/N-ethyl adjacent to an activating group) is 1. The van der Waals surface area contributed by atoms with Crippen molar-refractivity contribution in [3.63, 3.8) is 0 Å². The zero-order valence-corrected chi connectivity index (χ0v) is 11.0. The van der Waals surface area contributed by atoms with Gasteiger partial charge in [0.15, 0.2) is 0 Å². The van der Waals surface area contributed by atoms with Crippen LogP contribution in [0.1, 0.15) is 12.5 Å². The van der Waals surface area contributed by atoms with Crippen molar-refractivity contribution in [3.05, 3.63) is 48.0 Å². The lowest BCUT2D eigenvalue weighted by Gasteiger charge is -2.08. The molecule has 1 aromatic rings. The van der Waals surface area contributed by atoms with Crippen LogP contribution in [-0.4, -0.2) is 35.2 Å². The molecule has 0 spiro atoms. The van der Waals surface area contributed by atoms with Gasteiger partial charge in [-0.2, -0.15) is 0 Å². The summed E-state index contributed by atoms with van der Waals surface area (Å²) in [6.07, 6.45) is 2.22. The Morgan fingerprint density at radius 3 is 2.00 bits per heavy atom. The number of carbonyl (C=O) groups is 2. The van der Waals surface area contributed by atoms with Gasteiger partial charge >= 0.3 is 11.9 Å². The smallest absolute Gasteiger partial charge is 0.328 e. The molecule has 104 valence electrons. The third-order valence-electron chi connectivity index (χ3n) is 2.25. The van der Waals surface area contributed by atoms with Crippen LogP contribution in [0.15, 0.2) is 42.5 Å². The number of aliphatic carboxylic acids is 2. The fourth-order valence-corrected chi connectivity index (χ4v) is 1.21. The predicted molar refractivity (Wildman–Crippen MR) is 73.1 cm³/mol. The molecule has 0 aliphatic heterocycles. The van der Waals surface area contributed by atoms with E-state index in [1.54, 1.807) is 0 Å². The Kier molecular flexibility index (Phi) is 8.74. The Hall–Kier alpha value is -2.14. The van der Waals surface area contributed by atoms with Crippen LogP contribution >= 0.6 is 0 Å². The van der Waals surface area contributed by atoms with Crippen LogP contribution in [-0.2, 0) is 16.0 Å². The number of rotatable bonds is 5. The second-order valence-corrected chi connectivity index (χ2v) is 3.89. The van der Waals surface area contributed by atoms with Gasteiger partial charge in [-0.1, -0.05) is 30.3 Å². The number of carboxylic acid groups (broad SMARTS) is 2. The Labute approximate surface area is 112 Å². The Morgan fingerprint density at radius 2 is 1.63 bits per heavy atom. The van der Waals surface area contributed by atoms with Crippen LogP contribution in [0.4, 0.5) is 0 Å². The summed E-state index contributed by atoms with van der Waals surface area (Å²) in [5.74, 6) is -2.51. The molecule has 1 atom stereocenters. The molecule has 0 aliphatic carbocycles. The van der Waals surface area contributed by atoms with Gasteiger partial charge < -0.3 is 15.5 Å². The summed E-state index contributed by atoms with van der Waals surface area (Å²) >= 11 is 0. The summed E-state index contributed by atoms with van der Waals surface area (Å²) in [5, 5.41) is 18.8. The Balaban J connectivity index is 0.000000362. The highest BCUT2D eigenvalue weighted by Crippen LogP contribution is 2.01. The van der Waals surface area contributed by atoms with E-state index < -0.39 is 11.9 Å². The van der Waals surface area contributed by atoms with E-state index in [1.807, 2.05) is 13.1 Å². The van der Waals surface area contributed by atoms with E-state index in [0.29, 0.717) is 18.2 Å². The summed E-state index contributed by atoms with van der Waals surface area (Å²) in [6, 6.07) is 11.1. The molecule has 0 aliphatic rings. The normalized spacial score (nSPS) is 11.5. The van der Waals surface area contributed by atoms with E-state index in [1.165, 1.54) is 5.56 Å². The molecule has 0 saturated heterocycles. The molecule has 0 saturated carbocycles. The third-order valence-corrected chi connectivity index (χ3v) is 2.25. The van der Waals surface area contributed by atoms with Crippen molar-refractivity contribution in [1.82, 2.24) is 5.32 Å². The van der Waals surface area contributed by atoms with Crippen LogP contribution in [0.3, 0.4) is 0 Å². The maximum atomic E-state index is 9.55. The Bertz CT molecular complexity index is 399. The highest BCUT2D eigenvalue weighted by atomic mass is 16.4. The topological polar surface area (TPSA) is 86.6 Å². The monoisotopic (exact) mass is 265 g/mol. The zero-order valence-electron chi connectivity index (χ0n) is 11.0. The van der Waals surface area contributed by atoms with Gasteiger partial charge in [-0.25, -0.2) is 9.59 Å². The molecular weight excluding hydrogens is 246 g/mol. The molecule has 1 unspecified atom stereocenters. The van der Waals surface area contributed by atoms with Gasteiger partial charge in [0.05, 0.1) is 0 Å². The molecule has 5 heteroatoms. The minimum atomic E-state index is -1.26. The lowest BCUT2D eigenvalue weighted by molar-refractivity contribution is -0.134. The van der Waals surface area contributed by atoms with Crippen molar-refractivity contribution in [2.75, 3.05) is 7.05 Å². The van der Waals surface area contributed by atoms with Crippen molar-refractivity contribution < 1.29 is 19.8 Å². The summed E-state index contributed by atoms with van der Waals surface area (Å²) < 4.78 is 0. The molecule has 0 bridgehead atoms. The molecule has 19 heavy (non-hydrogen) atoms. The average molecular weight is 265 g/mol. The van der Waals surface area contributed by atoms with Crippen LogP contribution in [0.25, 0.3) is 0 Å². The lowest BCUT2D eigenvalue weighted by Crippen LogP contribution is -2.23. The highest BCUT2D eigenvalue weighted by molar-refractivity contribution is 5.89. The minimum Gasteiger partial charge on any atom is -0.478 e. The second-order valence-electron chi connectivity index (χ2n) is 3.89. The first-order valence-corrected chi connectivity index (χ1v) is 5.80. The number of hydrogen-bond donors (Lipinski definition) is 3. The zero-order chi connectivity index (χ0) is 14.7. The molecular formula is C14H19NO4. The standard InChI is InChI=1S/C10H15N.C4H4O4/c1-9(11-2)8-10-6-4-3-5-7-10;5-3(6)1-2-4(7)8/h3-7,9,11H,8H2,1-2H3;1-2H,(H,5,6)(H,7,8)/b;2-1-. The van der Waals surface area contributed by atoms with Gasteiger partial charge in [0, 0.05) is 18.2 Å². The van der Waals surface area contributed by atoms with Crippen molar-refractivity contribution in [1.29, 1.82) is 0 Å². The molecule has 0 aromatic heterocycles. The largest absolute Gasteiger partial charge is 0.478 e. The summed E-state index contributed by atoms with van der Waals surface area (Å²) in [5.41, 5.74) is 1.40. The van der Waals surface area contributed by atoms with Crippen LogP contribution in [0.2, 0.25) is 0 Å². The third kappa shape index (κ3) is 10.7. The van der Waals surface area contributed by atoms with Gasteiger partial charge in [0.1, 0.15) is 0 Å². The van der Waals surface area contributed by atoms with Gasteiger partial charge in [0.25, 0.3) is 0 Å². The van der Waals surface area contributed by atoms with E-state index in [9.17, 15) is 9.59 Å². The van der Waals surface area contributed by atoms with Crippen molar-refractivity contribution in [2.45, 2.75) is 19.4 Å². The van der Waals surface area contributed by atoms with E-state index in [4.69, 9.17) is 10.2 Å². The summed E-state index contributed by atoms with van der Waals surface area (Å²) in [7, 11) is 1.99. The van der Waals surface area contributed by atoms with E-state index in [-0.39, 0.29) is 0 Å². The fourth-order valence-electron chi connectivity index (χ4n) is 1.21. The molecule has 0 radical (unpaired) electrons. The summed E-state index contributed by atoms with van der Waals surface area (Å²) in [4.78, 5) is 19.1. The Morgan fingerprint density at radius 1 is 1.16 bits per heavy atom. The van der Waals surface area contributed by atoms with Crippen molar-refractivity contribution in [3.8, 4) is 0 Å². The molecule has 5 nitrogen and oxygen atoms in total. The fraction of sp³-hybridized carbons (Fsp3) is 0.286.